The van der Waals surface area contributed by atoms with Crippen molar-refractivity contribution in [2.45, 2.75) is 33.2 Å². The van der Waals surface area contributed by atoms with Gasteiger partial charge in [0.2, 0.25) is 5.91 Å². The van der Waals surface area contributed by atoms with Crippen LogP contribution in [0.4, 0.5) is 5.69 Å². The highest BCUT2D eigenvalue weighted by molar-refractivity contribution is 14.0. The van der Waals surface area contributed by atoms with Gasteiger partial charge in [0.1, 0.15) is 0 Å². The van der Waals surface area contributed by atoms with Crippen LogP contribution in [-0.4, -0.2) is 31.5 Å². The van der Waals surface area contributed by atoms with E-state index in [1.165, 1.54) is 12.5 Å². The van der Waals surface area contributed by atoms with Gasteiger partial charge in [0, 0.05) is 32.2 Å². The molecule has 0 aromatic heterocycles. The molecule has 1 rings (SSSR count). The van der Waals surface area contributed by atoms with Gasteiger partial charge >= 0.3 is 0 Å². The Morgan fingerprint density at radius 3 is 2.33 bits per heavy atom. The summed E-state index contributed by atoms with van der Waals surface area (Å²) >= 11 is 0. The second kappa shape index (κ2) is 10.4. The van der Waals surface area contributed by atoms with Gasteiger partial charge in [0.15, 0.2) is 5.96 Å². The van der Waals surface area contributed by atoms with Gasteiger partial charge in [-0.2, -0.15) is 0 Å². The van der Waals surface area contributed by atoms with Crippen LogP contribution in [0.3, 0.4) is 0 Å². The number of amides is 1. The third-order valence-corrected chi connectivity index (χ3v) is 2.63. The fourth-order valence-electron chi connectivity index (χ4n) is 1.75. The number of carbonyl (C=O) groups excluding carboxylic acids is 1. The van der Waals surface area contributed by atoms with Gasteiger partial charge in [-0.25, -0.2) is 0 Å². The highest BCUT2D eigenvalue weighted by Gasteiger charge is 2.00. The summed E-state index contributed by atoms with van der Waals surface area (Å²) in [6, 6.07) is 8.23. The molecule has 0 aliphatic carbocycles. The minimum absolute atomic E-state index is 0. The maximum atomic E-state index is 10.9. The zero-order chi connectivity index (χ0) is 15.0. The first-order chi connectivity index (χ1) is 9.51. The van der Waals surface area contributed by atoms with Gasteiger partial charge in [-0.3, -0.25) is 9.79 Å². The second-order valence-corrected chi connectivity index (χ2v) is 4.93. The van der Waals surface area contributed by atoms with E-state index in [9.17, 15) is 4.79 Å². The maximum Gasteiger partial charge on any atom is 0.221 e. The number of benzene rings is 1. The van der Waals surface area contributed by atoms with Crippen molar-refractivity contribution in [2.24, 2.45) is 4.99 Å². The Morgan fingerprint density at radius 2 is 1.86 bits per heavy atom. The van der Waals surface area contributed by atoms with Crippen molar-refractivity contribution >= 4 is 41.5 Å². The van der Waals surface area contributed by atoms with Crippen LogP contribution in [0.5, 0.6) is 0 Å². The number of carbonyl (C=O) groups is 1. The summed E-state index contributed by atoms with van der Waals surface area (Å²) in [6.45, 7) is 6.47. The minimum Gasteiger partial charge on any atom is -0.356 e. The topological polar surface area (TPSA) is 65.5 Å². The quantitative estimate of drug-likeness (QED) is 0.401. The minimum atomic E-state index is -0.0528. The molecule has 0 saturated carbocycles. The molecule has 21 heavy (non-hydrogen) atoms. The molecule has 0 heterocycles. The Morgan fingerprint density at radius 1 is 1.24 bits per heavy atom. The van der Waals surface area contributed by atoms with Crippen LogP contribution < -0.4 is 16.0 Å². The van der Waals surface area contributed by atoms with Crippen LogP contribution >= 0.6 is 24.0 Å². The summed E-state index contributed by atoms with van der Waals surface area (Å²) in [4.78, 5) is 15.1. The summed E-state index contributed by atoms with van der Waals surface area (Å²) < 4.78 is 0. The van der Waals surface area contributed by atoms with Crippen molar-refractivity contribution in [3.05, 3.63) is 29.8 Å². The molecule has 0 saturated heterocycles. The molecule has 0 spiro atoms. The highest BCUT2D eigenvalue weighted by Crippen LogP contribution is 2.09. The van der Waals surface area contributed by atoms with E-state index >= 15 is 0 Å². The van der Waals surface area contributed by atoms with Gasteiger partial charge in [-0.15, -0.1) is 24.0 Å². The number of rotatable bonds is 5. The summed E-state index contributed by atoms with van der Waals surface area (Å²) in [5.74, 6) is 0.762. The Kier molecular flexibility index (Phi) is 9.77. The molecule has 6 heteroatoms. The lowest BCUT2D eigenvalue weighted by molar-refractivity contribution is -0.114. The summed E-state index contributed by atoms with van der Waals surface area (Å²) in [5, 5.41) is 9.26. The molecule has 1 aromatic rings. The van der Waals surface area contributed by atoms with Crippen molar-refractivity contribution in [2.75, 3.05) is 18.9 Å². The van der Waals surface area contributed by atoms with Crippen LogP contribution in [0.2, 0.25) is 0 Å². The Labute approximate surface area is 144 Å². The van der Waals surface area contributed by atoms with Gasteiger partial charge in [-0.05, 0) is 38.0 Å². The number of guanidine groups is 1. The lowest BCUT2D eigenvalue weighted by Gasteiger charge is -2.14. The summed E-state index contributed by atoms with van der Waals surface area (Å²) in [7, 11) is 1.76. The van der Waals surface area contributed by atoms with E-state index < -0.39 is 0 Å². The molecular formula is C15H25IN4O. The van der Waals surface area contributed by atoms with E-state index in [0.717, 1.165) is 24.6 Å². The molecule has 0 bridgehead atoms. The molecule has 1 aromatic carbocycles. The molecule has 0 unspecified atom stereocenters. The number of halogens is 1. The van der Waals surface area contributed by atoms with Gasteiger partial charge in [-0.1, -0.05) is 12.1 Å². The lowest BCUT2D eigenvalue weighted by atomic mass is 10.1. The molecule has 5 nitrogen and oxygen atoms in total. The third kappa shape index (κ3) is 8.54. The van der Waals surface area contributed by atoms with Crippen molar-refractivity contribution < 1.29 is 4.79 Å². The van der Waals surface area contributed by atoms with Crippen LogP contribution in [0, 0.1) is 0 Å². The summed E-state index contributed by atoms with van der Waals surface area (Å²) in [6.07, 6.45) is 0.902. The molecular weight excluding hydrogens is 379 g/mol. The number of anilines is 1. The van der Waals surface area contributed by atoms with E-state index in [2.05, 4.69) is 34.8 Å². The fraction of sp³-hybridized carbons (Fsp3) is 0.467. The summed E-state index contributed by atoms with van der Waals surface area (Å²) in [5.41, 5.74) is 2.04. The number of nitrogens with one attached hydrogen (secondary N) is 3. The Balaban J connectivity index is 0.00000400. The third-order valence-electron chi connectivity index (χ3n) is 2.63. The average molecular weight is 404 g/mol. The van der Waals surface area contributed by atoms with Crippen molar-refractivity contribution in [3.63, 3.8) is 0 Å². The number of nitrogens with zero attached hydrogens (tertiary/aromatic N) is 1. The zero-order valence-corrected chi connectivity index (χ0v) is 15.4. The fourth-order valence-corrected chi connectivity index (χ4v) is 1.75. The average Bonchev–Trinajstić information content (AvgIpc) is 2.38. The zero-order valence-electron chi connectivity index (χ0n) is 13.1. The monoisotopic (exact) mass is 404 g/mol. The smallest absolute Gasteiger partial charge is 0.221 e. The Hall–Kier alpha value is -1.31. The first-order valence-corrected chi connectivity index (χ1v) is 6.85. The molecule has 118 valence electrons. The number of hydrogen-bond donors (Lipinski definition) is 3. The van der Waals surface area contributed by atoms with Gasteiger partial charge in [0.25, 0.3) is 0 Å². The molecule has 0 atom stereocenters. The van der Waals surface area contributed by atoms with Crippen LogP contribution in [-0.2, 0) is 11.2 Å². The predicted molar refractivity (Wildman–Crippen MR) is 99.5 cm³/mol. The number of hydrogen-bond acceptors (Lipinski definition) is 2. The first-order valence-electron chi connectivity index (χ1n) is 6.85. The highest BCUT2D eigenvalue weighted by atomic mass is 127. The normalized spacial score (nSPS) is 10.8. The van der Waals surface area contributed by atoms with Crippen LogP contribution in [0.15, 0.2) is 29.3 Å². The standard InChI is InChI=1S/C15H24N4O.HI/c1-11(2)18-15(16-4)17-10-9-13-5-7-14(8-6-13)19-12(3)20;/h5-8,11H,9-10H2,1-4H3,(H,19,20)(H2,16,17,18);1H. The lowest BCUT2D eigenvalue weighted by Crippen LogP contribution is -2.41. The van der Waals surface area contributed by atoms with E-state index in [-0.39, 0.29) is 29.9 Å². The van der Waals surface area contributed by atoms with Gasteiger partial charge < -0.3 is 16.0 Å². The Bertz CT molecular complexity index is 457. The number of aliphatic imine (C=N–C) groups is 1. The van der Waals surface area contributed by atoms with E-state index in [1.54, 1.807) is 7.05 Å². The molecule has 0 fully saturated rings. The first kappa shape index (κ1) is 19.7. The van der Waals surface area contributed by atoms with Crippen LogP contribution in [0.25, 0.3) is 0 Å². The van der Waals surface area contributed by atoms with Crippen molar-refractivity contribution in [1.82, 2.24) is 10.6 Å². The van der Waals surface area contributed by atoms with E-state index in [0.29, 0.717) is 6.04 Å². The molecule has 1 amide bonds. The predicted octanol–water partition coefficient (Wildman–Crippen LogP) is 2.38. The molecule has 3 N–H and O–H groups in total. The van der Waals surface area contributed by atoms with Crippen molar-refractivity contribution in [1.29, 1.82) is 0 Å². The molecule has 0 aliphatic rings. The van der Waals surface area contributed by atoms with E-state index in [4.69, 9.17) is 0 Å². The largest absolute Gasteiger partial charge is 0.356 e. The van der Waals surface area contributed by atoms with E-state index in [1.807, 2.05) is 24.3 Å². The van der Waals surface area contributed by atoms with Gasteiger partial charge in [0.05, 0.1) is 0 Å². The maximum absolute atomic E-state index is 10.9. The second-order valence-electron chi connectivity index (χ2n) is 4.93. The van der Waals surface area contributed by atoms with Crippen LogP contribution in [0.1, 0.15) is 26.3 Å². The molecule has 0 radical (unpaired) electrons. The molecule has 0 aliphatic heterocycles. The SMILES string of the molecule is CN=C(NCCc1ccc(NC(C)=O)cc1)NC(C)C.I. The van der Waals surface area contributed by atoms with Crippen molar-refractivity contribution in [3.8, 4) is 0 Å².